The van der Waals surface area contributed by atoms with Crippen molar-refractivity contribution in [2.24, 2.45) is 16.6 Å². The van der Waals surface area contributed by atoms with Crippen molar-refractivity contribution in [1.29, 1.82) is 0 Å². The Morgan fingerprint density at radius 3 is 2.31 bits per heavy atom. The van der Waals surface area contributed by atoms with E-state index in [1.165, 1.54) is 24.3 Å². The number of ether oxygens (including phenoxy) is 3. The predicted molar refractivity (Wildman–Crippen MR) is 116 cm³/mol. The Balaban J connectivity index is 0.00000420. The van der Waals surface area contributed by atoms with E-state index in [2.05, 4.69) is 15.0 Å². The van der Waals surface area contributed by atoms with Crippen molar-refractivity contribution in [2.45, 2.75) is 13.3 Å². The predicted octanol–water partition coefficient (Wildman–Crippen LogP) is 4.65. The minimum atomic E-state index is -4.72. The first kappa shape index (κ1) is 24.7. The average molecular weight is 525 g/mol. The number of hydrogen-bond acceptors (Lipinski definition) is 4. The lowest BCUT2D eigenvalue weighted by Gasteiger charge is -2.14. The van der Waals surface area contributed by atoms with Crippen LogP contribution in [0.15, 0.2) is 53.5 Å². The third-order valence-corrected chi connectivity index (χ3v) is 3.53. The molecule has 0 fully saturated rings. The first-order chi connectivity index (χ1) is 13.3. The third kappa shape index (κ3) is 9.11. The molecule has 1 unspecified atom stereocenters. The molecule has 0 saturated carbocycles. The molecule has 0 saturated heterocycles. The summed E-state index contributed by atoms with van der Waals surface area (Å²) in [5.74, 6) is 1.21. The van der Waals surface area contributed by atoms with Crippen LogP contribution in [0.1, 0.15) is 6.92 Å². The van der Waals surface area contributed by atoms with E-state index in [1.807, 2.05) is 31.2 Å². The second kappa shape index (κ2) is 11.6. The highest BCUT2D eigenvalue weighted by atomic mass is 127. The van der Waals surface area contributed by atoms with Gasteiger partial charge in [-0.25, -0.2) is 0 Å². The lowest BCUT2D eigenvalue weighted by atomic mass is 10.2. The molecular weight excluding hydrogens is 502 g/mol. The number of guanidine groups is 1. The van der Waals surface area contributed by atoms with Crippen molar-refractivity contribution >= 4 is 35.6 Å². The van der Waals surface area contributed by atoms with Crippen LogP contribution in [0, 0.1) is 5.92 Å². The molecular formula is C19H23F3IN3O3. The van der Waals surface area contributed by atoms with Crippen molar-refractivity contribution in [3.8, 4) is 17.2 Å². The number of nitrogens with two attached hydrogens (primary N) is 1. The molecule has 10 heteroatoms. The largest absolute Gasteiger partial charge is 0.573 e. The zero-order chi connectivity index (χ0) is 20.6. The Hall–Kier alpha value is -2.37. The maximum absolute atomic E-state index is 12.1. The van der Waals surface area contributed by atoms with Gasteiger partial charge in [0.1, 0.15) is 5.75 Å². The van der Waals surface area contributed by atoms with E-state index < -0.39 is 6.36 Å². The molecule has 2 aromatic rings. The van der Waals surface area contributed by atoms with Gasteiger partial charge >= 0.3 is 6.36 Å². The minimum Gasteiger partial charge on any atom is -0.493 e. The summed E-state index contributed by atoms with van der Waals surface area (Å²) in [7, 11) is 1.57. The molecule has 160 valence electrons. The summed E-state index contributed by atoms with van der Waals surface area (Å²) >= 11 is 0. The number of rotatable bonds is 8. The van der Waals surface area contributed by atoms with Crippen molar-refractivity contribution in [3.05, 3.63) is 48.5 Å². The number of aliphatic imine (C=N–C) groups is 1. The van der Waals surface area contributed by atoms with Crippen LogP contribution in [0.5, 0.6) is 17.2 Å². The van der Waals surface area contributed by atoms with E-state index in [9.17, 15) is 13.2 Å². The highest BCUT2D eigenvalue weighted by Crippen LogP contribution is 2.26. The van der Waals surface area contributed by atoms with Crippen molar-refractivity contribution in [1.82, 2.24) is 0 Å². The molecule has 0 spiro atoms. The molecule has 6 nitrogen and oxygen atoms in total. The molecule has 2 rings (SSSR count). The van der Waals surface area contributed by atoms with E-state index in [1.54, 1.807) is 7.11 Å². The highest BCUT2D eigenvalue weighted by Gasteiger charge is 2.30. The van der Waals surface area contributed by atoms with Gasteiger partial charge < -0.3 is 25.3 Å². The molecule has 0 aliphatic heterocycles. The molecule has 1 atom stereocenters. The van der Waals surface area contributed by atoms with Crippen molar-refractivity contribution in [2.75, 3.05) is 25.6 Å². The monoisotopic (exact) mass is 525 g/mol. The van der Waals surface area contributed by atoms with Crippen LogP contribution in [0.2, 0.25) is 0 Å². The topological polar surface area (TPSA) is 78.1 Å². The van der Waals surface area contributed by atoms with Gasteiger partial charge in [-0.05, 0) is 36.4 Å². The first-order valence-electron chi connectivity index (χ1n) is 8.45. The standard InChI is InChI=1S/C19H22F3N3O3.HI/c1-13(12-27-17-6-4-3-5-16(17)26-2)11-24-18(23)25-14-7-9-15(10-8-14)28-19(20,21)22;/h3-10,13H,11-12H2,1-2H3,(H3,23,24,25);1H. The van der Waals surface area contributed by atoms with Crippen LogP contribution in [-0.4, -0.2) is 32.6 Å². The quantitative estimate of drug-likeness (QED) is 0.298. The Kier molecular flexibility index (Phi) is 9.86. The minimum absolute atomic E-state index is 0. The zero-order valence-electron chi connectivity index (χ0n) is 15.9. The van der Waals surface area contributed by atoms with Crippen LogP contribution in [0.3, 0.4) is 0 Å². The van der Waals surface area contributed by atoms with Crippen LogP contribution < -0.4 is 25.3 Å². The van der Waals surface area contributed by atoms with Gasteiger partial charge in [0.2, 0.25) is 0 Å². The summed E-state index contributed by atoms with van der Waals surface area (Å²) < 4.78 is 51.2. The Labute approximate surface area is 184 Å². The smallest absolute Gasteiger partial charge is 0.493 e. The molecule has 0 aliphatic carbocycles. The van der Waals surface area contributed by atoms with Crippen LogP contribution >= 0.6 is 24.0 Å². The average Bonchev–Trinajstić information content (AvgIpc) is 2.65. The first-order valence-corrected chi connectivity index (χ1v) is 8.45. The molecule has 3 N–H and O–H groups in total. The fraction of sp³-hybridized carbons (Fsp3) is 0.316. The maximum atomic E-state index is 12.1. The number of halogens is 4. The molecule has 0 radical (unpaired) electrons. The normalized spacial score (nSPS) is 12.5. The number of anilines is 1. The third-order valence-electron chi connectivity index (χ3n) is 3.53. The molecule has 2 aromatic carbocycles. The van der Waals surface area contributed by atoms with Gasteiger partial charge in [0, 0.05) is 18.2 Å². The summed E-state index contributed by atoms with van der Waals surface area (Å²) in [6.45, 7) is 2.78. The number of benzene rings is 2. The summed E-state index contributed by atoms with van der Waals surface area (Å²) in [6, 6.07) is 12.5. The molecule has 0 amide bonds. The second-order valence-corrected chi connectivity index (χ2v) is 5.99. The second-order valence-electron chi connectivity index (χ2n) is 5.99. The summed E-state index contributed by atoms with van der Waals surface area (Å²) in [5.41, 5.74) is 6.31. The van der Waals surface area contributed by atoms with Gasteiger partial charge in [-0.1, -0.05) is 19.1 Å². The number of nitrogens with zero attached hydrogens (tertiary/aromatic N) is 1. The number of methoxy groups -OCH3 is 1. The number of nitrogens with one attached hydrogen (secondary N) is 1. The van der Waals surface area contributed by atoms with Crippen molar-refractivity contribution in [3.63, 3.8) is 0 Å². The van der Waals surface area contributed by atoms with E-state index in [0.717, 1.165) is 0 Å². The molecule has 29 heavy (non-hydrogen) atoms. The van der Waals surface area contributed by atoms with Gasteiger partial charge in [-0.3, -0.25) is 4.99 Å². The number of alkyl halides is 3. The number of hydrogen-bond donors (Lipinski definition) is 2. The fourth-order valence-electron chi connectivity index (χ4n) is 2.20. The SMILES string of the molecule is COc1ccccc1OCC(C)CN=C(N)Nc1ccc(OC(F)(F)F)cc1.I. The zero-order valence-corrected chi connectivity index (χ0v) is 18.2. The van der Waals surface area contributed by atoms with E-state index >= 15 is 0 Å². The Morgan fingerprint density at radius 1 is 1.10 bits per heavy atom. The van der Waals surface area contributed by atoms with Crippen molar-refractivity contribution < 1.29 is 27.4 Å². The van der Waals surface area contributed by atoms with Gasteiger partial charge in [-0.2, -0.15) is 0 Å². The van der Waals surface area contributed by atoms with Gasteiger partial charge in [-0.15, -0.1) is 37.1 Å². The van der Waals surface area contributed by atoms with Gasteiger partial charge in [0.05, 0.1) is 13.7 Å². The summed E-state index contributed by atoms with van der Waals surface area (Å²) in [5, 5.41) is 2.81. The number of para-hydroxylation sites is 2. The fourth-order valence-corrected chi connectivity index (χ4v) is 2.20. The van der Waals surface area contributed by atoms with E-state index in [4.69, 9.17) is 15.2 Å². The summed E-state index contributed by atoms with van der Waals surface area (Å²) in [6.07, 6.45) is -4.72. The van der Waals surface area contributed by atoms with Crippen LogP contribution in [0.4, 0.5) is 18.9 Å². The molecule has 0 aromatic heterocycles. The van der Waals surface area contributed by atoms with E-state index in [-0.39, 0.29) is 41.6 Å². The molecule has 0 heterocycles. The summed E-state index contributed by atoms with van der Waals surface area (Å²) in [4.78, 5) is 4.22. The van der Waals surface area contributed by atoms with Crippen LogP contribution in [0.25, 0.3) is 0 Å². The molecule has 0 aliphatic rings. The van der Waals surface area contributed by atoms with Gasteiger partial charge in [0.15, 0.2) is 17.5 Å². The Morgan fingerprint density at radius 2 is 1.72 bits per heavy atom. The maximum Gasteiger partial charge on any atom is 0.573 e. The lowest BCUT2D eigenvalue weighted by molar-refractivity contribution is -0.274. The Bertz CT molecular complexity index is 786. The lowest BCUT2D eigenvalue weighted by Crippen LogP contribution is -2.24. The van der Waals surface area contributed by atoms with Crippen LogP contribution in [-0.2, 0) is 0 Å². The molecule has 0 bridgehead atoms. The van der Waals surface area contributed by atoms with E-state index in [0.29, 0.717) is 30.3 Å². The highest BCUT2D eigenvalue weighted by molar-refractivity contribution is 14.0. The van der Waals surface area contributed by atoms with Gasteiger partial charge in [0.25, 0.3) is 0 Å².